The minimum absolute atomic E-state index is 0. The van der Waals surface area contributed by atoms with Crippen LogP contribution in [0.25, 0.3) is 0 Å². The van der Waals surface area contributed by atoms with Gasteiger partial charge in [-0.3, -0.25) is 0 Å². The number of rotatable bonds is 3. The molecule has 122 valence electrons. The van der Waals surface area contributed by atoms with Crippen molar-refractivity contribution in [3.05, 3.63) is 35.2 Å². The molecule has 3 heterocycles. The summed E-state index contributed by atoms with van der Waals surface area (Å²) in [6.45, 7) is 3.60. The van der Waals surface area contributed by atoms with Crippen LogP contribution in [0.4, 0.5) is 0 Å². The van der Waals surface area contributed by atoms with Crippen LogP contribution >= 0.6 is 23.7 Å². The van der Waals surface area contributed by atoms with Gasteiger partial charge in [0.1, 0.15) is 10.0 Å². The number of nitrogens with one attached hydrogen (secondary N) is 1. The number of thiophene rings is 1. The summed E-state index contributed by atoms with van der Waals surface area (Å²) in [6.07, 6.45) is 3.54. The molecule has 0 aromatic carbocycles. The number of sulfonamides is 1. The molecule has 1 unspecified atom stereocenters. The molecule has 1 saturated heterocycles. The van der Waals surface area contributed by atoms with Gasteiger partial charge in [-0.1, -0.05) is 0 Å². The Kier molecular flexibility index (Phi) is 5.29. The summed E-state index contributed by atoms with van der Waals surface area (Å²) in [5.41, 5.74) is 0. The molecular formula is C13H19ClN4O2S2. The highest BCUT2D eigenvalue weighted by molar-refractivity contribution is 7.91. The Bertz CT molecular complexity index is 741. The van der Waals surface area contributed by atoms with E-state index in [2.05, 4.69) is 10.3 Å². The largest absolute Gasteiger partial charge is 0.337 e. The van der Waals surface area contributed by atoms with Gasteiger partial charge in [-0.15, -0.1) is 23.7 Å². The van der Waals surface area contributed by atoms with Crippen LogP contribution in [0, 0.1) is 6.92 Å². The summed E-state index contributed by atoms with van der Waals surface area (Å²) in [5, 5.41) is 3.25. The van der Waals surface area contributed by atoms with Crippen molar-refractivity contribution in [2.24, 2.45) is 7.05 Å². The number of imidazole rings is 1. The van der Waals surface area contributed by atoms with Crippen LogP contribution in [-0.4, -0.2) is 41.9 Å². The molecule has 1 N–H and O–H groups in total. The van der Waals surface area contributed by atoms with E-state index in [1.807, 2.05) is 30.8 Å². The molecule has 3 rings (SSSR count). The predicted molar refractivity (Wildman–Crippen MR) is 89.0 cm³/mol. The van der Waals surface area contributed by atoms with Crippen molar-refractivity contribution in [2.75, 3.05) is 19.6 Å². The van der Waals surface area contributed by atoms with E-state index in [1.165, 1.54) is 11.3 Å². The molecule has 1 atom stereocenters. The van der Waals surface area contributed by atoms with Gasteiger partial charge in [0, 0.05) is 44.0 Å². The lowest BCUT2D eigenvalue weighted by molar-refractivity contribution is 0.259. The second-order valence-corrected chi connectivity index (χ2v) is 8.50. The van der Waals surface area contributed by atoms with E-state index < -0.39 is 10.0 Å². The first-order valence-electron chi connectivity index (χ1n) is 6.76. The number of piperazine rings is 1. The summed E-state index contributed by atoms with van der Waals surface area (Å²) in [7, 11) is -1.59. The molecule has 0 aliphatic carbocycles. The summed E-state index contributed by atoms with van der Waals surface area (Å²) >= 11 is 1.31. The lowest BCUT2D eigenvalue weighted by Gasteiger charge is -2.34. The van der Waals surface area contributed by atoms with E-state index in [9.17, 15) is 8.42 Å². The average Bonchev–Trinajstić information content (AvgIpc) is 3.08. The summed E-state index contributed by atoms with van der Waals surface area (Å²) in [5.74, 6) is 0.763. The van der Waals surface area contributed by atoms with Gasteiger partial charge in [-0.25, -0.2) is 13.4 Å². The summed E-state index contributed by atoms with van der Waals surface area (Å²) in [6, 6.07) is 3.26. The molecule has 22 heavy (non-hydrogen) atoms. The lowest BCUT2D eigenvalue weighted by atomic mass is 10.2. The smallest absolute Gasteiger partial charge is 0.253 e. The Labute approximate surface area is 140 Å². The molecule has 2 aromatic heterocycles. The third-order valence-electron chi connectivity index (χ3n) is 3.63. The summed E-state index contributed by atoms with van der Waals surface area (Å²) in [4.78, 5) is 5.32. The van der Waals surface area contributed by atoms with Gasteiger partial charge in [-0.2, -0.15) is 4.31 Å². The zero-order valence-corrected chi connectivity index (χ0v) is 14.8. The van der Waals surface area contributed by atoms with Crippen LogP contribution < -0.4 is 5.32 Å². The minimum Gasteiger partial charge on any atom is -0.337 e. The maximum atomic E-state index is 12.9. The zero-order chi connectivity index (χ0) is 15.0. The third kappa shape index (κ3) is 3.07. The predicted octanol–water partition coefficient (Wildman–Crippen LogP) is 1.55. The highest BCUT2D eigenvalue weighted by atomic mass is 35.5. The number of aryl methyl sites for hydroxylation is 2. The highest BCUT2D eigenvalue weighted by Gasteiger charge is 2.36. The molecule has 1 aliphatic rings. The van der Waals surface area contributed by atoms with Crippen molar-refractivity contribution >= 4 is 33.8 Å². The quantitative estimate of drug-likeness (QED) is 0.899. The van der Waals surface area contributed by atoms with E-state index in [1.54, 1.807) is 16.6 Å². The van der Waals surface area contributed by atoms with Crippen molar-refractivity contribution < 1.29 is 8.42 Å². The molecule has 6 nitrogen and oxygen atoms in total. The van der Waals surface area contributed by atoms with Crippen molar-refractivity contribution in [3.63, 3.8) is 0 Å². The van der Waals surface area contributed by atoms with Gasteiger partial charge < -0.3 is 9.88 Å². The van der Waals surface area contributed by atoms with Crippen LogP contribution in [-0.2, 0) is 17.1 Å². The van der Waals surface area contributed by atoms with Crippen LogP contribution in [0.3, 0.4) is 0 Å². The van der Waals surface area contributed by atoms with Crippen molar-refractivity contribution in [3.8, 4) is 0 Å². The highest BCUT2D eigenvalue weighted by Crippen LogP contribution is 2.31. The monoisotopic (exact) mass is 362 g/mol. The van der Waals surface area contributed by atoms with Gasteiger partial charge in [-0.05, 0) is 19.1 Å². The molecule has 0 bridgehead atoms. The Morgan fingerprint density at radius 1 is 1.41 bits per heavy atom. The fourth-order valence-corrected chi connectivity index (χ4v) is 5.56. The molecule has 0 radical (unpaired) electrons. The molecule has 1 aliphatic heterocycles. The number of hydrogen-bond acceptors (Lipinski definition) is 5. The van der Waals surface area contributed by atoms with Crippen LogP contribution in [0.2, 0.25) is 0 Å². The fourth-order valence-electron chi connectivity index (χ4n) is 2.56. The number of aromatic nitrogens is 2. The van der Waals surface area contributed by atoms with E-state index in [0.29, 0.717) is 23.8 Å². The number of nitrogens with zero attached hydrogens (tertiary/aromatic N) is 3. The Morgan fingerprint density at radius 3 is 2.77 bits per heavy atom. The molecule has 0 amide bonds. The lowest BCUT2D eigenvalue weighted by Crippen LogP contribution is -2.49. The van der Waals surface area contributed by atoms with Gasteiger partial charge in [0.2, 0.25) is 0 Å². The zero-order valence-electron chi connectivity index (χ0n) is 12.4. The Hall–Kier alpha value is -0.930. The van der Waals surface area contributed by atoms with Crippen LogP contribution in [0.1, 0.15) is 16.7 Å². The van der Waals surface area contributed by atoms with E-state index in [0.717, 1.165) is 10.7 Å². The second kappa shape index (κ2) is 6.67. The molecular weight excluding hydrogens is 344 g/mol. The molecule has 1 fully saturated rings. The Morgan fingerprint density at radius 2 is 2.18 bits per heavy atom. The van der Waals surface area contributed by atoms with E-state index in [4.69, 9.17) is 0 Å². The van der Waals surface area contributed by atoms with Gasteiger partial charge in [0.25, 0.3) is 10.0 Å². The van der Waals surface area contributed by atoms with E-state index >= 15 is 0 Å². The third-order valence-corrected chi connectivity index (χ3v) is 7.01. The van der Waals surface area contributed by atoms with E-state index in [-0.39, 0.29) is 18.4 Å². The SMILES string of the molecule is Cc1ccc(S(=O)(=O)N2CCNCC2c2nccn2C)s1.Cl. The average molecular weight is 363 g/mol. The number of hydrogen-bond donors (Lipinski definition) is 1. The maximum absolute atomic E-state index is 12.9. The van der Waals surface area contributed by atoms with Gasteiger partial charge in [0.15, 0.2) is 0 Å². The standard InChI is InChI=1S/C13H18N4O2S2.ClH/c1-10-3-4-12(20-10)21(18,19)17-8-5-14-9-11(17)13-15-6-7-16(13)2;/h3-4,6-7,11,14H,5,8-9H2,1-2H3;1H. The van der Waals surface area contributed by atoms with Crippen molar-refractivity contribution in [1.29, 1.82) is 0 Å². The second-order valence-electron chi connectivity index (χ2n) is 5.10. The molecule has 2 aromatic rings. The Balaban J connectivity index is 0.00000176. The number of halogens is 1. The van der Waals surface area contributed by atoms with Crippen LogP contribution in [0.15, 0.2) is 28.7 Å². The first-order chi connectivity index (χ1) is 10.00. The van der Waals surface area contributed by atoms with Crippen molar-refractivity contribution in [1.82, 2.24) is 19.2 Å². The molecule has 0 spiro atoms. The van der Waals surface area contributed by atoms with Crippen molar-refractivity contribution in [2.45, 2.75) is 17.2 Å². The normalized spacial score (nSPS) is 19.8. The topological polar surface area (TPSA) is 67.2 Å². The maximum Gasteiger partial charge on any atom is 0.253 e. The first-order valence-corrected chi connectivity index (χ1v) is 9.02. The van der Waals surface area contributed by atoms with Crippen LogP contribution in [0.5, 0.6) is 0 Å². The van der Waals surface area contributed by atoms with Gasteiger partial charge in [0.05, 0.1) is 6.04 Å². The van der Waals surface area contributed by atoms with Gasteiger partial charge >= 0.3 is 0 Å². The fraction of sp³-hybridized carbons (Fsp3) is 0.462. The first kappa shape index (κ1) is 17.4. The molecule has 0 saturated carbocycles. The molecule has 9 heteroatoms. The minimum atomic E-state index is -3.47. The summed E-state index contributed by atoms with van der Waals surface area (Å²) < 4.78 is 29.6.